The van der Waals surface area contributed by atoms with Crippen LogP contribution in [-0.2, 0) is 9.53 Å². The van der Waals surface area contributed by atoms with Gasteiger partial charge in [-0.3, -0.25) is 4.79 Å². The molecule has 0 bridgehead atoms. The Morgan fingerprint density at radius 2 is 2.10 bits per heavy atom. The fraction of sp³-hybridized carbons (Fsp3) is 0.286. The Hall–Kier alpha value is -2.50. The Morgan fingerprint density at radius 1 is 1.35 bits per heavy atom. The first-order chi connectivity index (χ1) is 9.58. The molecule has 20 heavy (non-hydrogen) atoms. The van der Waals surface area contributed by atoms with E-state index in [9.17, 15) is 4.79 Å². The minimum absolute atomic E-state index is 0.0965. The highest BCUT2D eigenvalue weighted by molar-refractivity contribution is 6.04. The quantitative estimate of drug-likeness (QED) is 0.672. The predicted octanol–water partition coefficient (Wildman–Crippen LogP) is 1.43. The summed E-state index contributed by atoms with van der Waals surface area (Å²) in [4.78, 5) is 17.4. The molecule has 2 rings (SSSR count). The van der Waals surface area contributed by atoms with E-state index in [2.05, 4.69) is 9.72 Å². The normalized spacial score (nSPS) is 10.3. The van der Waals surface area contributed by atoms with E-state index in [4.69, 9.17) is 10.5 Å². The number of carbonyl (C=O) groups is 1. The summed E-state index contributed by atoms with van der Waals surface area (Å²) in [5.74, 6) is 0.987. The van der Waals surface area contributed by atoms with Crippen LogP contribution in [0.1, 0.15) is 0 Å². The number of esters is 1. The zero-order valence-electron chi connectivity index (χ0n) is 11.7. The molecule has 0 atom stereocenters. The number of ether oxygens (including phenoxy) is 2. The van der Waals surface area contributed by atoms with Crippen LogP contribution in [0.3, 0.4) is 0 Å². The van der Waals surface area contributed by atoms with E-state index in [0.717, 1.165) is 10.8 Å². The molecule has 0 radical (unpaired) electrons. The van der Waals surface area contributed by atoms with Gasteiger partial charge in [0.05, 0.1) is 19.6 Å². The lowest BCUT2D eigenvalue weighted by Gasteiger charge is -2.20. The minimum Gasteiger partial charge on any atom is -0.496 e. The third kappa shape index (κ3) is 2.45. The molecule has 0 aliphatic rings. The van der Waals surface area contributed by atoms with Gasteiger partial charge >= 0.3 is 5.97 Å². The standard InChI is InChI=1S/C14H17N3O3/c1-17(8-12(18)20-3)14-13-9(6-7-16-14)11(19-2)5-4-10(13)15/h4-7H,8,15H2,1-3H3. The van der Waals surface area contributed by atoms with Crippen molar-refractivity contribution in [2.75, 3.05) is 38.4 Å². The van der Waals surface area contributed by atoms with Crippen molar-refractivity contribution in [3.63, 3.8) is 0 Å². The summed E-state index contributed by atoms with van der Waals surface area (Å²) in [6.07, 6.45) is 1.66. The number of nitrogens with two attached hydrogens (primary N) is 1. The monoisotopic (exact) mass is 275 g/mol. The molecule has 6 heteroatoms. The number of likely N-dealkylation sites (N-methyl/N-ethyl adjacent to an activating group) is 1. The van der Waals surface area contributed by atoms with E-state index in [1.165, 1.54) is 7.11 Å². The summed E-state index contributed by atoms with van der Waals surface area (Å²) in [6, 6.07) is 5.40. The van der Waals surface area contributed by atoms with Crippen molar-refractivity contribution in [1.29, 1.82) is 0 Å². The number of anilines is 2. The van der Waals surface area contributed by atoms with Gasteiger partial charge in [-0.05, 0) is 18.2 Å². The van der Waals surface area contributed by atoms with Gasteiger partial charge in [-0.1, -0.05) is 0 Å². The van der Waals surface area contributed by atoms with E-state index in [-0.39, 0.29) is 12.5 Å². The van der Waals surface area contributed by atoms with Crippen LogP contribution in [0.25, 0.3) is 10.8 Å². The number of methoxy groups -OCH3 is 2. The predicted molar refractivity (Wildman–Crippen MR) is 78.0 cm³/mol. The zero-order chi connectivity index (χ0) is 14.7. The lowest BCUT2D eigenvalue weighted by molar-refractivity contribution is -0.138. The van der Waals surface area contributed by atoms with Gasteiger partial charge < -0.3 is 20.1 Å². The summed E-state index contributed by atoms with van der Waals surface area (Å²) in [5.41, 5.74) is 6.63. The Kier molecular flexibility index (Phi) is 3.93. The second-order valence-corrected chi connectivity index (χ2v) is 4.35. The SMILES string of the molecule is COC(=O)CN(C)c1nccc2c(OC)ccc(N)c12. The number of carbonyl (C=O) groups excluding carboxylic acids is 1. The van der Waals surface area contributed by atoms with Crippen LogP contribution in [0.4, 0.5) is 11.5 Å². The average molecular weight is 275 g/mol. The van der Waals surface area contributed by atoms with Crippen molar-refractivity contribution in [3.05, 3.63) is 24.4 Å². The van der Waals surface area contributed by atoms with Crippen molar-refractivity contribution in [1.82, 2.24) is 4.98 Å². The van der Waals surface area contributed by atoms with Crippen molar-refractivity contribution in [2.24, 2.45) is 0 Å². The van der Waals surface area contributed by atoms with Crippen molar-refractivity contribution in [3.8, 4) is 5.75 Å². The number of nitrogen functional groups attached to an aromatic ring is 1. The maximum Gasteiger partial charge on any atom is 0.325 e. The number of hydrogen-bond acceptors (Lipinski definition) is 6. The second-order valence-electron chi connectivity index (χ2n) is 4.35. The van der Waals surface area contributed by atoms with Crippen LogP contribution in [-0.4, -0.2) is 38.8 Å². The number of fused-ring (bicyclic) bond motifs is 1. The van der Waals surface area contributed by atoms with Crippen LogP contribution in [0.5, 0.6) is 5.75 Å². The van der Waals surface area contributed by atoms with Crippen molar-refractivity contribution < 1.29 is 14.3 Å². The maximum atomic E-state index is 11.4. The smallest absolute Gasteiger partial charge is 0.325 e. The molecule has 0 saturated heterocycles. The first-order valence-corrected chi connectivity index (χ1v) is 6.07. The lowest BCUT2D eigenvalue weighted by Crippen LogP contribution is -2.27. The molecule has 1 aromatic heterocycles. The van der Waals surface area contributed by atoms with Gasteiger partial charge in [-0.2, -0.15) is 0 Å². The molecule has 0 amide bonds. The molecule has 1 aromatic carbocycles. The fourth-order valence-corrected chi connectivity index (χ4v) is 2.08. The molecule has 0 saturated carbocycles. The number of rotatable bonds is 4. The Bertz CT molecular complexity index is 643. The molecule has 0 fully saturated rings. The van der Waals surface area contributed by atoms with Crippen LogP contribution in [0.2, 0.25) is 0 Å². The Labute approximate surface area is 117 Å². The number of nitrogens with zero attached hydrogens (tertiary/aromatic N) is 2. The molecule has 1 heterocycles. The molecule has 0 spiro atoms. The number of pyridine rings is 1. The van der Waals surface area contributed by atoms with E-state index in [1.54, 1.807) is 31.3 Å². The lowest BCUT2D eigenvalue weighted by atomic mass is 10.1. The maximum absolute atomic E-state index is 11.4. The fourth-order valence-electron chi connectivity index (χ4n) is 2.08. The highest BCUT2D eigenvalue weighted by Gasteiger charge is 2.15. The van der Waals surface area contributed by atoms with Gasteiger partial charge in [0.1, 0.15) is 18.1 Å². The van der Waals surface area contributed by atoms with E-state index >= 15 is 0 Å². The number of hydrogen-bond donors (Lipinski definition) is 1. The van der Waals surface area contributed by atoms with Crippen molar-refractivity contribution >= 4 is 28.2 Å². The molecular weight excluding hydrogens is 258 g/mol. The molecule has 0 aliphatic carbocycles. The third-order valence-corrected chi connectivity index (χ3v) is 3.07. The third-order valence-electron chi connectivity index (χ3n) is 3.07. The largest absolute Gasteiger partial charge is 0.496 e. The van der Waals surface area contributed by atoms with Gasteiger partial charge in [0.2, 0.25) is 0 Å². The number of aromatic nitrogens is 1. The minimum atomic E-state index is -0.340. The zero-order valence-corrected chi connectivity index (χ0v) is 11.7. The highest BCUT2D eigenvalue weighted by Crippen LogP contribution is 2.34. The summed E-state index contributed by atoms with van der Waals surface area (Å²) in [6.45, 7) is 0.0965. The second kappa shape index (κ2) is 5.64. The highest BCUT2D eigenvalue weighted by atomic mass is 16.5. The molecule has 2 N–H and O–H groups in total. The Morgan fingerprint density at radius 3 is 2.75 bits per heavy atom. The average Bonchev–Trinajstić information content (AvgIpc) is 2.47. The van der Waals surface area contributed by atoms with Gasteiger partial charge in [0, 0.05) is 24.3 Å². The first-order valence-electron chi connectivity index (χ1n) is 6.07. The first kappa shape index (κ1) is 13.9. The Balaban J connectivity index is 2.56. The number of benzene rings is 1. The van der Waals surface area contributed by atoms with E-state index in [1.807, 2.05) is 12.1 Å². The van der Waals surface area contributed by atoms with E-state index in [0.29, 0.717) is 17.3 Å². The molecule has 106 valence electrons. The van der Waals surface area contributed by atoms with Crippen LogP contribution in [0.15, 0.2) is 24.4 Å². The summed E-state index contributed by atoms with van der Waals surface area (Å²) >= 11 is 0. The van der Waals surface area contributed by atoms with Gasteiger partial charge in [-0.25, -0.2) is 4.98 Å². The van der Waals surface area contributed by atoms with Crippen molar-refractivity contribution in [2.45, 2.75) is 0 Å². The summed E-state index contributed by atoms with van der Waals surface area (Å²) in [7, 11) is 4.71. The molecular formula is C14H17N3O3. The van der Waals surface area contributed by atoms with Crippen LogP contribution in [0, 0.1) is 0 Å². The molecule has 6 nitrogen and oxygen atoms in total. The molecule has 0 aliphatic heterocycles. The van der Waals surface area contributed by atoms with Gasteiger partial charge in [0.15, 0.2) is 0 Å². The van der Waals surface area contributed by atoms with Crippen LogP contribution < -0.4 is 15.4 Å². The van der Waals surface area contributed by atoms with Gasteiger partial charge in [0.25, 0.3) is 0 Å². The van der Waals surface area contributed by atoms with E-state index < -0.39 is 0 Å². The van der Waals surface area contributed by atoms with Gasteiger partial charge in [-0.15, -0.1) is 0 Å². The summed E-state index contributed by atoms with van der Waals surface area (Å²) in [5, 5.41) is 1.62. The molecule has 0 unspecified atom stereocenters. The van der Waals surface area contributed by atoms with Crippen LogP contribution >= 0.6 is 0 Å². The summed E-state index contributed by atoms with van der Waals surface area (Å²) < 4.78 is 9.99. The molecule has 2 aromatic rings. The topological polar surface area (TPSA) is 77.7 Å².